The molecule has 0 N–H and O–H groups in total. The molecule has 124 valence electrons. The van der Waals surface area contributed by atoms with Crippen LogP contribution >= 0.6 is 0 Å². The van der Waals surface area contributed by atoms with Crippen LogP contribution in [-0.2, 0) is 19.1 Å². The van der Waals surface area contributed by atoms with E-state index in [1.54, 1.807) is 25.1 Å². The standard InChI is InChI=1S/C18H17NO5/c1-3-23-17(22)10-5-4-6-11(9-10)19-15(20)13-12-7-8-18(2,24-12)14(13)16(19)21/h4-9,12-14H,3H2,1-2H3/t12-,13-,14-,18-/m0/s1. The molecule has 0 unspecified atom stereocenters. The molecule has 6 heteroatoms. The molecule has 0 aliphatic carbocycles. The molecule has 0 radical (unpaired) electrons. The number of hydrogen-bond acceptors (Lipinski definition) is 5. The maximum absolute atomic E-state index is 12.9. The van der Waals surface area contributed by atoms with E-state index in [9.17, 15) is 14.4 Å². The van der Waals surface area contributed by atoms with Crippen LogP contribution in [-0.4, -0.2) is 36.1 Å². The van der Waals surface area contributed by atoms with Crippen molar-refractivity contribution < 1.29 is 23.9 Å². The average molecular weight is 327 g/mol. The minimum Gasteiger partial charge on any atom is -0.462 e. The first kappa shape index (κ1) is 15.1. The number of amides is 2. The third kappa shape index (κ3) is 1.89. The lowest BCUT2D eigenvalue weighted by Crippen LogP contribution is -2.38. The summed E-state index contributed by atoms with van der Waals surface area (Å²) in [4.78, 5) is 38.8. The number of benzene rings is 1. The Morgan fingerprint density at radius 1 is 1.33 bits per heavy atom. The van der Waals surface area contributed by atoms with Crippen LogP contribution in [0.1, 0.15) is 24.2 Å². The van der Waals surface area contributed by atoms with Gasteiger partial charge in [-0.2, -0.15) is 0 Å². The molecule has 2 amide bonds. The molecule has 0 aromatic heterocycles. The van der Waals surface area contributed by atoms with E-state index in [-0.39, 0.29) is 24.5 Å². The fourth-order valence-electron chi connectivity index (χ4n) is 3.89. The highest BCUT2D eigenvalue weighted by Crippen LogP contribution is 2.52. The van der Waals surface area contributed by atoms with Gasteiger partial charge in [0, 0.05) is 0 Å². The van der Waals surface area contributed by atoms with Crippen LogP contribution in [0.25, 0.3) is 0 Å². The number of carbonyl (C=O) groups excluding carboxylic acids is 3. The Morgan fingerprint density at radius 3 is 2.83 bits per heavy atom. The van der Waals surface area contributed by atoms with E-state index >= 15 is 0 Å². The molecule has 4 atom stereocenters. The number of nitrogens with zero attached hydrogens (tertiary/aromatic N) is 1. The smallest absolute Gasteiger partial charge is 0.338 e. The minimum absolute atomic E-state index is 0.262. The maximum Gasteiger partial charge on any atom is 0.338 e. The first-order valence-corrected chi connectivity index (χ1v) is 7.98. The second kappa shape index (κ2) is 5.01. The van der Waals surface area contributed by atoms with Gasteiger partial charge in [-0.3, -0.25) is 9.59 Å². The lowest BCUT2D eigenvalue weighted by molar-refractivity contribution is -0.126. The second-order valence-corrected chi connectivity index (χ2v) is 6.41. The Bertz CT molecular complexity index is 785. The molecule has 3 aliphatic rings. The summed E-state index contributed by atoms with van der Waals surface area (Å²) >= 11 is 0. The van der Waals surface area contributed by atoms with Crippen LogP contribution in [0.4, 0.5) is 5.69 Å². The third-order valence-electron chi connectivity index (χ3n) is 4.94. The number of carbonyl (C=O) groups is 3. The zero-order valence-electron chi connectivity index (χ0n) is 13.4. The molecular formula is C18H17NO5. The predicted molar refractivity (Wildman–Crippen MR) is 84.3 cm³/mol. The van der Waals surface area contributed by atoms with Crippen molar-refractivity contribution in [2.45, 2.75) is 25.6 Å². The topological polar surface area (TPSA) is 72.9 Å². The number of esters is 1. The number of imide groups is 1. The lowest BCUT2D eigenvalue weighted by Gasteiger charge is -2.24. The zero-order valence-corrected chi connectivity index (χ0v) is 13.4. The molecule has 0 saturated carbocycles. The highest BCUT2D eigenvalue weighted by molar-refractivity contribution is 6.23. The Kier molecular flexibility index (Phi) is 3.15. The fraction of sp³-hybridized carbons (Fsp3) is 0.389. The fourth-order valence-corrected chi connectivity index (χ4v) is 3.89. The first-order valence-electron chi connectivity index (χ1n) is 7.98. The summed E-state index contributed by atoms with van der Waals surface area (Å²) in [7, 11) is 0. The van der Waals surface area contributed by atoms with Crippen LogP contribution in [0.3, 0.4) is 0 Å². The number of ether oxygens (including phenoxy) is 2. The molecule has 4 rings (SSSR count). The number of rotatable bonds is 3. The molecule has 6 nitrogen and oxygen atoms in total. The summed E-state index contributed by atoms with van der Waals surface area (Å²) in [5.41, 5.74) is -0.0150. The van der Waals surface area contributed by atoms with Gasteiger partial charge < -0.3 is 9.47 Å². The van der Waals surface area contributed by atoms with E-state index in [0.717, 1.165) is 0 Å². The molecule has 1 aromatic carbocycles. The molecule has 2 fully saturated rings. The van der Waals surface area contributed by atoms with Crippen LogP contribution in [0.2, 0.25) is 0 Å². The zero-order chi connectivity index (χ0) is 17.1. The third-order valence-corrected chi connectivity index (χ3v) is 4.94. The van der Waals surface area contributed by atoms with Gasteiger partial charge in [-0.15, -0.1) is 0 Å². The van der Waals surface area contributed by atoms with Gasteiger partial charge in [-0.25, -0.2) is 9.69 Å². The van der Waals surface area contributed by atoms with Gasteiger partial charge >= 0.3 is 5.97 Å². The summed E-state index contributed by atoms with van der Waals surface area (Å²) in [5, 5.41) is 0. The van der Waals surface area contributed by atoms with E-state index in [4.69, 9.17) is 9.47 Å². The molecular weight excluding hydrogens is 310 g/mol. The van der Waals surface area contributed by atoms with Gasteiger partial charge in [0.1, 0.15) is 0 Å². The van der Waals surface area contributed by atoms with Gasteiger partial charge in [0.05, 0.1) is 41.4 Å². The first-order chi connectivity index (χ1) is 11.5. The Labute approximate surface area is 139 Å². The van der Waals surface area contributed by atoms with E-state index < -0.39 is 23.4 Å². The van der Waals surface area contributed by atoms with Crippen LogP contribution in [0.5, 0.6) is 0 Å². The van der Waals surface area contributed by atoms with E-state index in [0.29, 0.717) is 11.3 Å². The van der Waals surface area contributed by atoms with Gasteiger partial charge in [0.25, 0.3) is 0 Å². The molecule has 2 saturated heterocycles. The SMILES string of the molecule is CCOC(=O)c1cccc(N2C(=O)[C@H]3[C@@H]4C=C[C@](C)(O4)[C@@H]3C2=O)c1. The van der Waals surface area contributed by atoms with Gasteiger partial charge in [0.15, 0.2) is 0 Å². The van der Waals surface area contributed by atoms with Crippen LogP contribution in [0.15, 0.2) is 36.4 Å². The Balaban J connectivity index is 1.69. The number of anilines is 1. The largest absolute Gasteiger partial charge is 0.462 e. The van der Waals surface area contributed by atoms with Crippen molar-refractivity contribution >= 4 is 23.5 Å². The predicted octanol–water partition coefficient (Wildman–Crippen LogP) is 1.70. The molecule has 3 aliphatic heterocycles. The van der Waals surface area contributed by atoms with Crippen molar-refractivity contribution in [2.24, 2.45) is 11.8 Å². The van der Waals surface area contributed by atoms with E-state index in [1.165, 1.54) is 11.0 Å². The Morgan fingerprint density at radius 2 is 2.12 bits per heavy atom. The Hall–Kier alpha value is -2.47. The van der Waals surface area contributed by atoms with Crippen molar-refractivity contribution in [3.8, 4) is 0 Å². The van der Waals surface area contributed by atoms with Crippen molar-refractivity contribution in [2.75, 3.05) is 11.5 Å². The molecule has 3 heterocycles. The van der Waals surface area contributed by atoms with E-state index in [1.807, 2.05) is 19.1 Å². The second-order valence-electron chi connectivity index (χ2n) is 6.41. The van der Waals surface area contributed by atoms with Gasteiger partial charge in [0.2, 0.25) is 11.8 Å². The molecule has 0 spiro atoms. The van der Waals surface area contributed by atoms with E-state index in [2.05, 4.69) is 0 Å². The van der Waals surface area contributed by atoms with Gasteiger partial charge in [-0.1, -0.05) is 18.2 Å². The van der Waals surface area contributed by atoms with Gasteiger partial charge in [-0.05, 0) is 32.0 Å². The van der Waals surface area contributed by atoms with Crippen molar-refractivity contribution in [1.82, 2.24) is 0 Å². The van der Waals surface area contributed by atoms with Crippen molar-refractivity contribution in [3.63, 3.8) is 0 Å². The minimum atomic E-state index is -0.727. The summed E-state index contributed by atoms with van der Waals surface area (Å²) < 4.78 is 10.8. The van der Waals surface area contributed by atoms with Crippen LogP contribution < -0.4 is 4.90 Å². The average Bonchev–Trinajstić information content (AvgIpc) is 3.17. The highest BCUT2D eigenvalue weighted by Gasteiger charge is 2.66. The number of fused-ring (bicyclic) bond motifs is 5. The van der Waals surface area contributed by atoms with Crippen molar-refractivity contribution in [1.29, 1.82) is 0 Å². The molecule has 1 aromatic rings. The summed E-state index contributed by atoms with van der Waals surface area (Å²) in [6.07, 6.45) is 3.36. The van der Waals surface area contributed by atoms with Crippen molar-refractivity contribution in [3.05, 3.63) is 42.0 Å². The lowest BCUT2D eigenvalue weighted by atomic mass is 9.78. The summed E-state index contributed by atoms with van der Waals surface area (Å²) in [6.45, 7) is 3.82. The normalized spacial score (nSPS) is 33.2. The summed E-state index contributed by atoms with van der Waals surface area (Å²) in [5.74, 6) is -2.02. The maximum atomic E-state index is 12.9. The number of hydrogen-bond donors (Lipinski definition) is 0. The molecule has 24 heavy (non-hydrogen) atoms. The monoisotopic (exact) mass is 327 g/mol. The molecule has 2 bridgehead atoms. The quantitative estimate of drug-likeness (QED) is 0.480. The van der Waals surface area contributed by atoms with Crippen LogP contribution in [0, 0.1) is 11.8 Å². The summed E-state index contributed by atoms with van der Waals surface area (Å²) in [6, 6.07) is 6.41. The highest BCUT2D eigenvalue weighted by atomic mass is 16.5.